The minimum atomic E-state index is -3.53. The maximum absolute atomic E-state index is 12.4. The van der Waals surface area contributed by atoms with E-state index in [2.05, 4.69) is 20.0 Å². The summed E-state index contributed by atoms with van der Waals surface area (Å²) in [5.74, 6) is 0.279. The summed E-state index contributed by atoms with van der Waals surface area (Å²) in [5, 5.41) is 0.0128. The second kappa shape index (κ2) is 4.51. The fraction of sp³-hybridized carbons (Fsp3) is 0.167. The lowest BCUT2D eigenvalue weighted by molar-refractivity contribution is 0.605. The minimum absolute atomic E-state index is 0.0128. The molecular weight excluding hydrogens is 264 g/mol. The average Bonchev–Trinajstić information content (AvgIpc) is 2.87. The molecule has 0 N–H and O–H groups in total. The van der Waals surface area contributed by atoms with Crippen LogP contribution >= 0.6 is 0 Å². The predicted molar refractivity (Wildman–Crippen MR) is 74.7 cm³/mol. The Morgan fingerprint density at radius 1 is 1.05 bits per heavy atom. The molecule has 3 rings (SSSR count). The van der Waals surface area contributed by atoms with Crippen molar-refractivity contribution in [3.63, 3.8) is 0 Å². The zero-order chi connectivity index (χ0) is 13.3. The highest BCUT2D eigenvalue weighted by molar-refractivity contribution is 8.06. The van der Waals surface area contributed by atoms with E-state index in [4.69, 9.17) is 0 Å². The number of rotatable bonds is 2. The highest BCUT2D eigenvalue weighted by Gasteiger charge is 2.35. The normalized spacial score (nSPS) is 20.9. The second-order valence-electron chi connectivity index (χ2n) is 4.11. The number of hydrogen-bond acceptors (Lipinski definition) is 6. The molecule has 2 aliphatic heterocycles. The van der Waals surface area contributed by atoms with Crippen molar-refractivity contribution in [2.75, 3.05) is 0 Å². The molecule has 0 radical (unpaired) electrons. The minimum Gasteiger partial charge on any atom is -0.255 e. The molecule has 0 bridgehead atoms. The number of aliphatic imine (C=N–C) groups is 4. The molecule has 1 aromatic rings. The Kier molecular flexibility index (Phi) is 2.83. The molecule has 96 valence electrons. The Bertz CT molecular complexity index is 717. The molecule has 2 heterocycles. The van der Waals surface area contributed by atoms with E-state index in [0.29, 0.717) is 11.4 Å². The molecule has 0 aromatic heterocycles. The van der Waals surface area contributed by atoms with Gasteiger partial charge in [0.1, 0.15) is 12.7 Å². The molecule has 0 fully saturated rings. The third-order valence-corrected chi connectivity index (χ3v) is 4.46. The van der Waals surface area contributed by atoms with Gasteiger partial charge in [0.15, 0.2) is 26.8 Å². The molecule has 7 heteroatoms. The zero-order valence-electron chi connectivity index (χ0n) is 9.84. The van der Waals surface area contributed by atoms with Crippen molar-refractivity contribution in [1.82, 2.24) is 0 Å². The Morgan fingerprint density at radius 2 is 1.84 bits per heavy atom. The van der Waals surface area contributed by atoms with Crippen LogP contribution in [0.3, 0.4) is 0 Å². The molecule has 1 atom stereocenters. The molecule has 0 spiro atoms. The van der Waals surface area contributed by atoms with E-state index in [-0.39, 0.29) is 10.8 Å². The van der Waals surface area contributed by atoms with Gasteiger partial charge in [0.25, 0.3) is 0 Å². The Hall–Kier alpha value is -2.15. The SMILES string of the molecule is O=S(=O)(Cc1ccccc1)C1=NC=NC2=NC=NC21. The van der Waals surface area contributed by atoms with E-state index >= 15 is 0 Å². The van der Waals surface area contributed by atoms with Gasteiger partial charge in [-0.3, -0.25) is 4.99 Å². The summed E-state index contributed by atoms with van der Waals surface area (Å²) in [4.78, 5) is 15.7. The zero-order valence-corrected chi connectivity index (χ0v) is 10.7. The number of fused-ring (bicyclic) bond motifs is 1. The van der Waals surface area contributed by atoms with Crippen LogP contribution < -0.4 is 0 Å². The van der Waals surface area contributed by atoms with Gasteiger partial charge in [0.2, 0.25) is 0 Å². The van der Waals surface area contributed by atoms with Crippen molar-refractivity contribution in [3.8, 4) is 0 Å². The third-order valence-electron chi connectivity index (χ3n) is 2.78. The van der Waals surface area contributed by atoms with E-state index in [9.17, 15) is 8.42 Å². The lowest BCUT2D eigenvalue weighted by Gasteiger charge is -2.14. The Balaban J connectivity index is 1.93. The third kappa shape index (κ3) is 2.24. The summed E-state index contributed by atoms with van der Waals surface area (Å²) in [7, 11) is -3.53. The highest BCUT2D eigenvalue weighted by Crippen LogP contribution is 2.17. The van der Waals surface area contributed by atoms with E-state index < -0.39 is 15.9 Å². The average molecular weight is 274 g/mol. The largest absolute Gasteiger partial charge is 0.255 e. The fourth-order valence-corrected chi connectivity index (χ4v) is 3.40. The fourth-order valence-electron chi connectivity index (χ4n) is 1.91. The first-order valence-electron chi connectivity index (χ1n) is 5.63. The first-order valence-corrected chi connectivity index (χ1v) is 7.28. The maximum Gasteiger partial charge on any atom is 0.198 e. The van der Waals surface area contributed by atoms with Gasteiger partial charge in [0, 0.05) is 0 Å². The van der Waals surface area contributed by atoms with Crippen molar-refractivity contribution in [2.45, 2.75) is 11.8 Å². The van der Waals surface area contributed by atoms with E-state index in [1.807, 2.05) is 6.07 Å². The van der Waals surface area contributed by atoms with Crippen molar-refractivity contribution in [3.05, 3.63) is 35.9 Å². The lowest BCUT2D eigenvalue weighted by atomic mass is 10.2. The molecule has 6 nitrogen and oxygen atoms in total. The summed E-state index contributed by atoms with van der Waals surface area (Å²) in [6.45, 7) is 0. The molecular formula is C12H10N4O2S. The van der Waals surface area contributed by atoms with Crippen molar-refractivity contribution < 1.29 is 8.42 Å². The van der Waals surface area contributed by atoms with Crippen LogP contribution in [0.2, 0.25) is 0 Å². The smallest absolute Gasteiger partial charge is 0.198 e. The second-order valence-corrected chi connectivity index (χ2v) is 6.05. The molecule has 19 heavy (non-hydrogen) atoms. The Labute approximate surface area is 110 Å². The molecule has 1 aromatic carbocycles. The number of hydrogen-bond donors (Lipinski definition) is 0. The number of nitrogens with zero attached hydrogens (tertiary/aromatic N) is 4. The van der Waals surface area contributed by atoms with Gasteiger partial charge in [-0.05, 0) is 5.56 Å². The van der Waals surface area contributed by atoms with Crippen LogP contribution in [0, 0.1) is 0 Å². The van der Waals surface area contributed by atoms with Gasteiger partial charge >= 0.3 is 0 Å². The first kappa shape index (κ1) is 11.9. The maximum atomic E-state index is 12.4. The topological polar surface area (TPSA) is 83.6 Å². The van der Waals surface area contributed by atoms with Crippen LogP contribution in [-0.2, 0) is 15.6 Å². The molecule has 0 saturated heterocycles. The van der Waals surface area contributed by atoms with Gasteiger partial charge in [-0.25, -0.2) is 23.4 Å². The van der Waals surface area contributed by atoms with Gasteiger partial charge in [-0.15, -0.1) is 0 Å². The van der Waals surface area contributed by atoms with Gasteiger partial charge in [0.05, 0.1) is 5.75 Å². The highest BCUT2D eigenvalue weighted by atomic mass is 32.2. The summed E-state index contributed by atoms with van der Waals surface area (Å²) in [6.07, 6.45) is 2.53. The van der Waals surface area contributed by atoms with E-state index in [1.165, 1.54) is 12.7 Å². The van der Waals surface area contributed by atoms with Gasteiger partial charge in [-0.1, -0.05) is 30.3 Å². The van der Waals surface area contributed by atoms with Crippen LogP contribution in [0.4, 0.5) is 0 Å². The number of amidine groups is 1. The summed E-state index contributed by atoms with van der Waals surface area (Å²) >= 11 is 0. The van der Waals surface area contributed by atoms with Crippen molar-refractivity contribution in [2.24, 2.45) is 20.0 Å². The van der Waals surface area contributed by atoms with Gasteiger partial charge in [-0.2, -0.15) is 0 Å². The molecule has 0 aliphatic carbocycles. The molecule has 1 unspecified atom stereocenters. The monoisotopic (exact) mass is 274 g/mol. The summed E-state index contributed by atoms with van der Waals surface area (Å²) in [6, 6.07) is 8.29. The van der Waals surface area contributed by atoms with E-state index in [1.54, 1.807) is 24.3 Å². The number of benzene rings is 1. The van der Waals surface area contributed by atoms with E-state index in [0.717, 1.165) is 0 Å². The standard InChI is InChI=1S/C12H10N4O2S/c17-19(18,6-9-4-2-1-3-5-9)12-10-11(14-7-13-10)15-8-16-12/h1-5,7-8,10H,6H2. The Morgan fingerprint density at radius 3 is 2.63 bits per heavy atom. The van der Waals surface area contributed by atoms with Crippen LogP contribution in [0.1, 0.15) is 5.56 Å². The molecule has 2 aliphatic rings. The van der Waals surface area contributed by atoms with Crippen LogP contribution in [-0.4, -0.2) is 38.0 Å². The number of sulfone groups is 1. The quantitative estimate of drug-likeness (QED) is 0.801. The van der Waals surface area contributed by atoms with Crippen LogP contribution in [0.5, 0.6) is 0 Å². The first-order chi connectivity index (χ1) is 9.17. The van der Waals surface area contributed by atoms with Crippen molar-refractivity contribution >= 4 is 33.4 Å². The predicted octanol–water partition coefficient (Wildman–Crippen LogP) is 0.851. The molecule has 0 saturated carbocycles. The van der Waals surface area contributed by atoms with Crippen LogP contribution in [0.15, 0.2) is 50.3 Å². The van der Waals surface area contributed by atoms with Gasteiger partial charge < -0.3 is 0 Å². The van der Waals surface area contributed by atoms with Crippen molar-refractivity contribution in [1.29, 1.82) is 0 Å². The lowest BCUT2D eigenvalue weighted by Crippen LogP contribution is -2.35. The summed E-state index contributed by atoms with van der Waals surface area (Å²) in [5.41, 5.74) is 0.716. The molecule has 0 amide bonds. The van der Waals surface area contributed by atoms with Crippen LogP contribution in [0.25, 0.3) is 0 Å². The summed E-state index contributed by atoms with van der Waals surface area (Å²) < 4.78 is 24.8.